The first kappa shape index (κ1) is 14.9. The fraction of sp³-hybridized carbons (Fsp3) is 0.267. The van der Waals surface area contributed by atoms with E-state index < -0.39 is 0 Å². The molecule has 0 saturated carbocycles. The summed E-state index contributed by atoms with van der Waals surface area (Å²) in [5.41, 5.74) is 0.695. The molecule has 114 valence electrons. The number of thiophene rings is 2. The van der Waals surface area contributed by atoms with Crippen molar-refractivity contribution in [3.63, 3.8) is 0 Å². The van der Waals surface area contributed by atoms with Crippen LogP contribution in [-0.4, -0.2) is 16.0 Å². The van der Waals surface area contributed by atoms with Crippen LogP contribution in [0.15, 0.2) is 33.5 Å². The highest BCUT2D eigenvalue weighted by Crippen LogP contribution is 2.27. The number of nitrogens with zero attached hydrogens (tertiary/aromatic N) is 2. The molecule has 0 aliphatic heterocycles. The van der Waals surface area contributed by atoms with Gasteiger partial charge in [0.15, 0.2) is 5.82 Å². The normalized spacial score (nSPS) is 11.0. The summed E-state index contributed by atoms with van der Waals surface area (Å²) in [6, 6.07) is 5.72. The van der Waals surface area contributed by atoms with Gasteiger partial charge in [-0.3, -0.25) is 4.79 Å². The summed E-state index contributed by atoms with van der Waals surface area (Å²) in [5.74, 6) is 1.41. The number of hydrogen-bond acceptors (Lipinski definition) is 6. The van der Waals surface area contributed by atoms with Crippen LogP contribution in [0.2, 0.25) is 0 Å². The lowest BCUT2D eigenvalue weighted by molar-refractivity contribution is 0.0952. The summed E-state index contributed by atoms with van der Waals surface area (Å²) in [4.78, 5) is 18.2. The van der Waals surface area contributed by atoms with Gasteiger partial charge in [0.1, 0.15) is 0 Å². The molecule has 3 aromatic rings. The largest absolute Gasteiger partial charge is 0.347 e. The fourth-order valence-corrected chi connectivity index (χ4v) is 3.33. The van der Waals surface area contributed by atoms with Gasteiger partial charge in [0, 0.05) is 21.7 Å². The van der Waals surface area contributed by atoms with Crippen molar-refractivity contribution in [2.24, 2.45) is 0 Å². The van der Waals surface area contributed by atoms with E-state index in [2.05, 4.69) is 15.5 Å². The van der Waals surface area contributed by atoms with Gasteiger partial charge in [0.25, 0.3) is 11.8 Å². The number of aromatic nitrogens is 2. The molecule has 1 amide bonds. The van der Waals surface area contributed by atoms with Gasteiger partial charge in [-0.15, -0.1) is 11.3 Å². The highest BCUT2D eigenvalue weighted by atomic mass is 32.1. The Labute approximate surface area is 136 Å². The van der Waals surface area contributed by atoms with Crippen LogP contribution in [0.1, 0.15) is 40.8 Å². The Balaban J connectivity index is 1.64. The predicted octanol–water partition coefficient (Wildman–Crippen LogP) is 3.91. The number of carbonyl (C=O) groups is 1. The van der Waals surface area contributed by atoms with E-state index in [1.165, 1.54) is 11.3 Å². The van der Waals surface area contributed by atoms with Crippen molar-refractivity contribution < 1.29 is 9.32 Å². The molecule has 0 bridgehead atoms. The van der Waals surface area contributed by atoms with Gasteiger partial charge in [-0.2, -0.15) is 16.3 Å². The van der Waals surface area contributed by atoms with E-state index in [0.29, 0.717) is 23.8 Å². The average molecular weight is 333 g/mol. The zero-order chi connectivity index (χ0) is 15.5. The van der Waals surface area contributed by atoms with Crippen LogP contribution < -0.4 is 5.32 Å². The van der Waals surface area contributed by atoms with Crippen molar-refractivity contribution in [2.45, 2.75) is 26.3 Å². The third-order valence-corrected chi connectivity index (χ3v) is 4.79. The summed E-state index contributed by atoms with van der Waals surface area (Å²) in [7, 11) is 0. The highest BCUT2D eigenvalue weighted by molar-refractivity contribution is 7.15. The number of amides is 1. The maximum absolute atomic E-state index is 11.9. The van der Waals surface area contributed by atoms with Gasteiger partial charge >= 0.3 is 0 Å². The first-order valence-corrected chi connectivity index (χ1v) is 8.62. The Kier molecular flexibility index (Phi) is 4.35. The molecule has 7 heteroatoms. The number of carbonyl (C=O) groups excluding carboxylic acids is 1. The second-order valence-electron chi connectivity index (χ2n) is 5.07. The van der Waals surface area contributed by atoms with Crippen molar-refractivity contribution in [3.05, 3.63) is 45.2 Å². The Morgan fingerprint density at radius 3 is 2.91 bits per heavy atom. The minimum absolute atomic E-state index is 0.0592. The lowest BCUT2D eigenvalue weighted by atomic mass is 10.2. The molecule has 22 heavy (non-hydrogen) atoms. The smallest absolute Gasteiger partial charge is 0.268 e. The third kappa shape index (κ3) is 3.26. The van der Waals surface area contributed by atoms with E-state index in [4.69, 9.17) is 4.52 Å². The Hall–Kier alpha value is -1.99. The second-order valence-corrected chi connectivity index (χ2v) is 7.02. The van der Waals surface area contributed by atoms with Crippen molar-refractivity contribution in [3.8, 4) is 10.8 Å². The lowest BCUT2D eigenvalue weighted by Gasteiger charge is -2.00. The molecule has 0 aliphatic rings. The van der Waals surface area contributed by atoms with Gasteiger partial charge < -0.3 is 9.84 Å². The SMILES string of the molecule is CC(C)c1noc(-c2ccc(CNC(=O)c3ccsc3)s2)n1. The molecule has 3 heterocycles. The van der Waals surface area contributed by atoms with Crippen LogP contribution >= 0.6 is 22.7 Å². The molecular weight excluding hydrogens is 318 g/mol. The molecule has 0 fully saturated rings. The van der Waals surface area contributed by atoms with E-state index in [1.54, 1.807) is 11.3 Å². The number of nitrogens with one attached hydrogen (secondary N) is 1. The zero-order valence-corrected chi connectivity index (χ0v) is 13.8. The first-order chi connectivity index (χ1) is 10.6. The molecule has 0 aromatic carbocycles. The lowest BCUT2D eigenvalue weighted by Crippen LogP contribution is -2.21. The van der Waals surface area contributed by atoms with Crippen LogP contribution in [0.5, 0.6) is 0 Å². The molecule has 0 atom stereocenters. The summed E-state index contributed by atoms with van der Waals surface area (Å²) < 4.78 is 5.27. The molecule has 0 unspecified atom stereocenters. The molecule has 1 N–H and O–H groups in total. The molecule has 0 spiro atoms. The van der Waals surface area contributed by atoms with Crippen molar-refractivity contribution in [2.75, 3.05) is 0 Å². The van der Waals surface area contributed by atoms with E-state index in [0.717, 1.165) is 9.75 Å². The van der Waals surface area contributed by atoms with E-state index >= 15 is 0 Å². The van der Waals surface area contributed by atoms with Crippen molar-refractivity contribution >= 4 is 28.6 Å². The predicted molar refractivity (Wildman–Crippen MR) is 87.2 cm³/mol. The minimum atomic E-state index is -0.0592. The third-order valence-electron chi connectivity index (χ3n) is 3.04. The molecule has 0 aliphatic carbocycles. The van der Waals surface area contributed by atoms with E-state index in [9.17, 15) is 4.79 Å². The summed E-state index contributed by atoms with van der Waals surface area (Å²) in [5, 5.41) is 10.6. The van der Waals surface area contributed by atoms with Crippen LogP contribution in [0.4, 0.5) is 0 Å². The summed E-state index contributed by atoms with van der Waals surface area (Å²) in [6.07, 6.45) is 0. The van der Waals surface area contributed by atoms with E-state index in [1.807, 2.05) is 42.8 Å². The second kappa shape index (κ2) is 6.41. The van der Waals surface area contributed by atoms with Gasteiger partial charge in [0.05, 0.1) is 11.4 Å². The highest BCUT2D eigenvalue weighted by Gasteiger charge is 2.14. The van der Waals surface area contributed by atoms with Gasteiger partial charge in [-0.05, 0) is 23.6 Å². The van der Waals surface area contributed by atoms with Crippen molar-refractivity contribution in [1.82, 2.24) is 15.5 Å². The Morgan fingerprint density at radius 1 is 1.36 bits per heavy atom. The topological polar surface area (TPSA) is 68.0 Å². The minimum Gasteiger partial charge on any atom is -0.347 e. The van der Waals surface area contributed by atoms with Gasteiger partial charge in [-0.1, -0.05) is 19.0 Å². The van der Waals surface area contributed by atoms with Crippen LogP contribution in [0, 0.1) is 0 Å². The molecule has 0 saturated heterocycles. The summed E-state index contributed by atoms with van der Waals surface area (Å²) >= 11 is 3.05. The standard InChI is InChI=1S/C15H15N3O2S2/c1-9(2)13-17-15(20-18-13)12-4-3-11(22-12)7-16-14(19)10-5-6-21-8-10/h3-6,8-9H,7H2,1-2H3,(H,16,19). The fourth-order valence-electron chi connectivity index (χ4n) is 1.82. The number of rotatable bonds is 5. The monoisotopic (exact) mass is 333 g/mol. The molecule has 0 radical (unpaired) electrons. The van der Waals surface area contributed by atoms with Gasteiger partial charge in [-0.25, -0.2) is 0 Å². The maximum atomic E-state index is 11.9. The first-order valence-electron chi connectivity index (χ1n) is 6.86. The molecular formula is C15H15N3O2S2. The Bertz CT molecular complexity index is 759. The zero-order valence-electron chi connectivity index (χ0n) is 12.2. The van der Waals surface area contributed by atoms with E-state index in [-0.39, 0.29) is 11.8 Å². The van der Waals surface area contributed by atoms with Crippen LogP contribution in [0.3, 0.4) is 0 Å². The maximum Gasteiger partial charge on any atom is 0.268 e. The molecule has 3 aromatic heterocycles. The average Bonchev–Trinajstić information content (AvgIpc) is 3.23. The summed E-state index contributed by atoms with van der Waals surface area (Å²) in [6.45, 7) is 4.54. The molecule has 3 rings (SSSR count). The van der Waals surface area contributed by atoms with Crippen LogP contribution in [0.25, 0.3) is 10.8 Å². The van der Waals surface area contributed by atoms with Gasteiger partial charge in [0.2, 0.25) is 0 Å². The molecule has 5 nitrogen and oxygen atoms in total. The Morgan fingerprint density at radius 2 is 2.23 bits per heavy atom. The number of hydrogen-bond donors (Lipinski definition) is 1. The van der Waals surface area contributed by atoms with Crippen molar-refractivity contribution in [1.29, 1.82) is 0 Å². The van der Waals surface area contributed by atoms with Crippen LogP contribution in [-0.2, 0) is 6.54 Å². The quantitative estimate of drug-likeness (QED) is 0.768.